The third-order valence-corrected chi connectivity index (χ3v) is 2.77. The van der Waals surface area contributed by atoms with E-state index in [9.17, 15) is 10.1 Å². The minimum Gasteiger partial charge on any atom is -0.291 e. The molecule has 1 heterocycles. The quantitative estimate of drug-likeness (QED) is 0.615. The van der Waals surface area contributed by atoms with E-state index in [4.69, 9.17) is 16.9 Å². The molecule has 0 unspecified atom stereocenters. The van der Waals surface area contributed by atoms with Gasteiger partial charge in [-0.15, -0.1) is 0 Å². The number of benzene rings is 1. The molecular formula is C11H7ClN4O2. The second-order valence-corrected chi connectivity index (χ2v) is 3.99. The number of hydrogen-bond acceptors (Lipinski definition) is 4. The lowest BCUT2D eigenvalue weighted by Gasteiger charge is -2.08. The topological polar surface area (TPSA) is 84.8 Å². The van der Waals surface area contributed by atoms with Gasteiger partial charge in [0.15, 0.2) is 0 Å². The van der Waals surface area contributed by atoms with E-state index < -0.39 is 4.92 Å². The first-order chi connectivity index (χ1) is 8.54. The number of rotatable bonds is 2. The number of halogens is 1. The van der Waals surface area contributed by atoms with E-state index in [0.29, 0.717) is 11.3 Å². The van der Waals surface area contributed by atoms with Crippen LogP contribution in [0.5, 0.6) is 0 Å². The van der Waals surface area contributed by atoms with Crippen LogP contribution in [-0.2, 0) is 0 Å². The maximum Gasteiger partial charge on any atom is 0.288 e. The maximum absolute atomic E-state index is 10.7. The molecule has 6 nitrogen and oxygen atoms in total. The third kappa shape index (κ3) is 1.92. The second kappa shape index (κ2) is 4.47. The van der Waals surface area contributed by atoms with E-state index in [1.165, 1.54) is 22.9 Å². The van der Waals surface area contributed by atoms with Crippen LogP contribution in [0, 0.1) is 28.4 Å². The normalized spacial score (nSPS) is 10.1. The smallest absolute Gasteiger partial charge is 0.288 e. The van der Waals surface area contributed by atoms with E-state index >= 15 is 0 Å². The van der Waals surface area contributed by atoms with E-state index in [2.05, 4.69) is 4.98 Å². The standard InChI is InChI=1S/C11H7ClN4O2/c1-7-4-10(16(17)18)8(12)5-9(7)15-3-2-14-11(15)6-13/h2-5H,1H3. The van der Waals surface area contributed by atoms with Gasteiger partial charge in [0.1, 0.15) is 11.1 Å². The molecule has 2 aromatic rings. The predicted molar refractivity (Wildman–Crippen MR) is 64.7 cm³/mol. The Kier molecular flexibility index (Phi) is 3.00. The van der Waals surface area contributed by atoms with Crippen LogP contribution in [0.4, 0.5) is 5.69 Å². The first-order valence-electron chi connectivity index (χ1n) is 4.93. The van der Waals surface area contributed by atoms with Crippen LogP contribution in [0.3, 0.4) is 0 Å². The van der Waals surface area contributed by atoms with Gasteiger partial charge in [-0.1, -0.05) is 11.6 Å². The van der Waals surface area contributed by atoms with Gasteiger partial charge in [0.25, 0.3) is 5.69 Å². The summed E-state index contributed by atoms with van der Waals surface area (Å²) in [6.07, 6.45) is 3.08. The SMILES string of the molecule is Cc1cc([N+](=O)[O-])c(Cl)cc1-n1ccnc1C#N. The molecule has 0 radical (unpaired) electrons. The summed E-state index contributed by atoms with van der Waals surface area (Å²) in [6.45, 7) is 1.71. The zero-order valence-electron chi connectivity index (χ0n) is 9.29. The van der Waals surface area contributed by atoms with Crippen molar-refractivity contribution in [3.8, 4) is 11.8 Å². The Bertz CT molecular complexity index is 672. The van der Waals surface area contributed by atoms with Crippen molar-refractivity contribution in [1.82, 2.24) is 9.55 Å². The molecule has 0 fully saturated rings. The van der Waals surface area contributed by atoms with Crippen LogP contribution in [-0.4, -0.2) is 14.5 Å². The van der Waals surface area contributed by atoms with Crippen LogP contribution >= 0.6 is 11.6 Å². The van der Waals surface area contributed by atoms with Crippen molar-refractivity contribution in [2.75, 3.05) is 0 Å². The van der Waals surface area contributed by atoms with Gasteiger partial charge < -0.3 is 0 Å². The second-order valence-electron chi connectivity index (χ2n) is 3.58. The Labute approximate surface area is 107 Å². The largest absolute Gasteiger partial charge is 0.291 e. The van der Waals surface area contributed by atoms with Crippen molar-refractivity contribution in [3.05, 3.63) is 51.1 Å². The van der Waals surface area contributed by atoms with Gasteiger partial charge in [-0.05, 0) is 18.6 Å². The Morgan fingerprint density at radius 1 is 1.56 bits per heavy atom. The van der Waals surface area contributed by atoms with E-state index in [-0.39, 0.29) is 16.5 Å². The zero-order chi connectivity index (χ0) is 13.3. The summed E-state index contributed by atoms with van der Waals surface area (Å²) in [6, 6.07) is 4.76. The average molecular weight is 263 g/mol. The minimum atomic E-state index is -0.543. The summed E-state index contributed by atoms with van der Waals surface area (Å²) in [5, 5.41) is 19.7. The number of nitro benzene ring substituents is 1. The molecule has 0 N–H and O–H groups in total. The van der Waals surface area contributed by atoms with Crippen molar-refractivity contribution in [1.29, 1.82) is 5.26 Å². The summed E-state index contributed by atoms with van der Waals surface area (Å²) in [4.78, 5) is 14.1. The highest BCUT2D eigenvalue weighted by atomic mass is 35.5. The lowest BCUT2D eigenvalue weighted by molar-refractivity contribution is -0.384. The van der Waals surface area contributed by atoms with Crippen molar-refractivity contribution in [3.63, 3.8) is 0 Å². The summed E-state index contributed by atoms with van der Waals surface area (Å²) in [7, 11) is 0. The van der Waals surface area contributed by atoms with E-state index in [0.717, 1.165) is 0 Å². The molecule has 1 aromatic carbocycles. The molecule has 2 rings (SSSR count). The summed E-state index contributed by atoms with van der Waals surface area (Å²) in [5.41, 5.74) is 1.08. The average Bonchev–Trinajstić information content (AvgIpc) is 2.79. The molecule has 0 aliphatic rings. The van der Waals surface area contributed by atoms with Gasteiger partial charge in [0, 0.05) is 18.5 Å². The first-order valence-corrected chi connectivity index (χ1v) is 5.30. The fourth-order valence-corrected chi connectivity index (χ4v) is 1.86. The lowest BCUT2D eigenvalue weighted by Crippen LogP contribution is -2.01. The first kappa shape index (κ1) is 12.1. The minimum absolute atomic E-state index is 0.0261. The van der Waals surface area contributed by atoms with Crippen molar-refractivity contribution in [2.24, 2.45) is 0 Å². The number of hydrogen-bond donors (Lipinski definition) is 0. The number of aromatic nitrogens is 2. The molecule has 0 amide bonds. The van der Waals surface area contributed by atoms with Gasteiger partial charge >= 0.3 is 0 Å². The summed E-state index contributed by atoms with van der Waals surface area (Å²) >= 11 is 5.85. The molecule has 0 bridgehead atoms. The molecule has 0 saturated heterocycles. The van der Waals surface area contributed by atoms with Gasteiger partial charge in [-0.2, -0.15) is 5.26 Å². The molecule has 0 spiro atoms. The Hall–Kier alpha value is -2.39. The predicted octanol–water partition coefficient (Wildman–Crippen LogP) is 2.61. The monoisotopic (exact) mass is 262 g/mol. The van der Waals surface area contributed by atoms with Crippen LogP contribution < -0.4 is 0 Å². The van der Waals surface area contributed by atoms with Gasteiger partial charge in [0.2, 0.25) is 5.82 Å². The number of nitro groups is 1. The molecule has 18 heavy (non-hydrogen) atoms. The molecular weight excluding hydrogens is 256 g/mol. The fraction of sp³-hybridized carbons (Fsp3) is 0.0909. The summed E-state index contributed by atoms with van der Waals surface area (Å²) < 4.78 is 1.53. The van der Waals surface area contributed by atoms with Gasteiger partial charge in [-0.3, -0.25) is 14.7 Å². The highest BCUT2D eigenvalue weighted by molar-refractivity contribution is 6.32. The molecule has 7 heteroatoms. The lowest BCUT2D eigenvalue weighted by atomic mass is 10.1. The van der Waals surface area contributed by atoms with Crippen molar-refractivity contribution in [2.45, 2.75) is 6.92 Å². The highest BCUT2D eigenvalue weighted by Gasteiger charge is 2.17. The molecule has 1 aromatic heterocycles. The third-order valence-electron chi connectivity index (χ3n) is 2.46. The molecule has 0 aliphatic heterocycles. The van der Waals surface area contributed by atoms with E-state index in [1.807, 2.05) is 6.07 Å². The number of aryl methyl sites for hydroxylation is 1. The van der Waals surface area contributed by atoms with Gasteiger partial charge in [0.05, 0.1) is 10.6 Å². The number of nitrogens with zero attached hydrogens (tertiary/aromatic N) is 4. The van der Waals surface area contributed by atoms with Crippen LogP contribution in [0.15, 0.2) is 24.5 Å². The van der Waals surface area contributed by atoms with Crippen LogP contribution in [0.2, 0.25) is 5.02 Å². The fourth-order valence-electron chi connectivity index (χ4n) is 1.64. The zero-order valence-corrected chi connectivity index (χ0v) is 10.0. The van der Waals surface area contributed by atoms with Crippen molar-refractivity contribution < 1.29 is 4.92 Å². The van der Waals surface area contributed by atoms with Gasteiger partial charge in [-0.25, -0.2) is 4.98 Å². The molecule has 0 aliphatic carbocycles. The van der Waals surface area contributed by atoms with Crippen LogP contribution in [0.1, 0.15) is 11.4 Å². The maximum atomic E-state index is 10.7. The molecule has 0 atom stereocenters. The van der Waals surface area contributed by atoms with Crippen LogP contribution in [0.25, 0.3) is 5.69 Å². The molecule has 90 valence electrons. The van der Waals surface area contributed by atoms with Crippen molar-refractivity contribution >= 4 is 17.3 Å². The van der Waals surface area contributed by atoms with E-state index in [1.54, 1.807) is 13.1 Å². The Balaban J connectivity index is 2.65. The summed E-state index contributed by atoms with van der Waals surface area (Å²) in [5.74, 6) is 0.197. The highest BCUT2D eigenvalue weighted by Crippen LogP contribution is 2.30. The number of nitriles is 1. The Morgan fingerprint density at radius 2 is 2.28 bits per heavy atom. The molecule has 0 saturated carbocycles. The Morgan fingerprint density at radius 3 is 2.89 bits per heavy atom. The number of imidazole rings is 1.